The lowest BCUT2D eigenvalue weighted by molar-refractivity contribution is -0.151. The Morgan fingerprint density at radius 1 is 1.43 bits per heavy atom. The van der Waals surface area contributed by atoms with E-state index in [4.69, 9.17) is 4.74 Å². The molecule has 0 amide bonds. The number of carbonyl (C=O) groups excluding carboxylic acids is 1. The fourth-order valence-corrected chi connectivity index (χ4v) is 2.15. The summed E-state index contributed by atoms with van der Waals surface area (Å²) in [6, 6.07) is 2.35. The molecule has 0 aliphatic heterocycles. The number of rotatable bonds is 2. The first-order chi connectivity index (χ1) is 6.60. The molecule has 0 spiro atoms. The second kappa shape index (κ2) is 4.45. The van der Waals surface area contributed by atoms with Crippen LogP contribution in [0.2, 0.25) is 0 Å². The van der Waals surface area contributed by atoms with Gasteiger partial charge in [-0.3, -0.25) is 4.79 Å². The minimum atomic E-state index is -0.427. The lowest BCUT2D eigenvalue weighted by Crippen LogP contribution is -2.36. The fourth-order valence-electron chi connectivity index (χ4n) is 2.15. The molecular formula is C11H17NO2. The van der Waals surface area contributed by atoms with Gasteiger partial charge < -0.3 is 4.74 Å². The molecule has 1 rings (SSSR count). The first-order valence-electron chi connectivity index (χ1n) is 5.19. The number of carbonyl (C=O) groups is 1. The van der Waals surface area contributed by atoms with E-state index in [0.717, 1.165) is 25.7 Å². The molecular weight excluding hydrogens is 178 g/mol. The highest BCUT2D eigenvalue weighted by molar-refractivity contribution is 5.66. The molecule has 78 valence electrons. The Morgan fingerprint density at radius 3 is 2.43 bits per heavy atom. The van der Waals surface area contributed by atoms with Crippen LogP contribution >= 0.6 is 0 Å². The Labute approximate surface area is 85.1 Å². The SMILES string of the molecule is CC(=O)OC(C)C1(C#N)CCCCC1. The van der Waals surface area contributed by atoms with Crippen molar-refractivity contribution in [3.8, 4) is 6.07 Å². The predicted octanol–water partition coefficient (Wildman–Crippen LogP) is 2.41. The van der Waals surface area contributed by atoms with Crippen LogP contribution in [0, 0.1) is 16.7 Å². The van der Waals surface area contributed by atoms with Gasteiger partial charge in [-0.25, -0.2) is 0 Å². The quantitative estimate of drug-likeness (QED) is 0.636. The fraction of sp³-hybridized carbons (Fsp3) is 0.818. The number of hydrogen-bond acceptors (Lipinski definition) is 3. The number of nitriles is 1. The maximum Gasteiger partial charge on any atom is 0.302 e. The highest BCUT2D eigenvalue weighted by atomic mass is 16.5. The molecule has 0 aromatic carbocycles. The zero-order valence-electron chi connectivity index (χ0n) is 8.88. The topological polar surface area (TPSA) is 50.1 Å². The number of hydrogen-bond donors (Lipinski definition) is 0. The molecule has 1 saturated carbocycles. The van der Waals surface area contributed by atoms with Crippen LogP contribution in [-0.4, -0.2) is 12.1 Å². The lowest BCUT2D eigenvalue weighted by Gasteiger charge is -2.35. The zero-order chi connectivity index (χ0) is 10.6. The van der Waals surface area contributed by atoms with Gasteiger partial charge in [0.2, 0.25) is 0 Å². The van der Waals surface area contributed by atoms with E-state index < -0.39 is 5.41 Å². The van der Waals surface area contributed by atoms with Gasteiger partial charge >= 0.3 is 5.97 Å². The van der Waals surface area contributed by atoms with Crippen molar-refractivity contribution < 1.29 is 9.53 Å². The van der Waals surface area contributed by atoms with Crippen LogP contribution in [0.1, 0.15) is 46.0 Å². The molecule has 14 heavy (non-hydrogen) atoms. The van der Waals surface area contributed by atoms with E-state index in [1.54, 1.807) is 0 Å². The average Bonchev–Trinajstić information content (AvgIpc) is 2.18. The van der Waals surface area contributed by atoms with Gasteiger partial charge in [-0.1, -0.05) is 19.3 Å². The third-order valence-corrected chi connectivity index (χ3v) is 3.09. The third-order valence-electron chi connectivity index (χ3n) is 3.09. The van der Waals surface area contributed by atoms with Crippen molar-refractivity contribution in [1.29, 1.82) is 5.26 Å². The van der Waals surface area contributed by atoms with Crippen LogP contribution in [0.3, 0.4) is 0 Å². The third kappa shape index (κ3) is 2.25. The second-order valence-electron chi connectivity index (χ2n) is 4.08. The minimum Gasteiger partial charge on any atom is -0.461 e. The molecule has 0 bridgehead atoms. The molecule has 0 heterocycles. The van der Waals surface area contributed by atoms with Gasteiger partial charge in [0.25, 0.3) is 0 Å². The van der Waals surface area contributed by atoms with Crippen molar-refractivity contribution in [2.45, 2.75) is 52.1 Å². The summed E-state index contributed by atoms with van der Waals surface area (Å²) in [6.45, 7) is 3.22. The number of ether oxygens (including phenoxy) is 1. The van der Waals surface area contributed by atoms with Crippen molar-refractivity contribution in [2.24, 2.45) is 5.41 Å². The van der Waals surface area contributed by atoms with Crippen LogP contribution in [0.25, 0.3) is 0 Å². The Kier molecular flexibility index (Phi) is 3.51. The van der Waals surface area contributed by atoms with E-state index in [1.165, 1.54) is 13.3 Å². The zero-order valence-corrected chi connectivity index (χ0v) is 8.88. The molecule has 0 saturated heterocycles. The van der Waals surface area contributed by atoms with Gasteiger partial charge in [0.1, 0.15) is 6.10 Å². The van der Waals surface area contributed by atoms with Crippen LogP contribution < -0.4 is 0 Å². The molecule has 1 aliphatic carbocycles. The second-order valence-corrected chi connectivity index (χ2v) is 4.08. The molecule has 0 radical (unpaired) electrons. The summed E-state index contributed by atoms with van der Waals surface area (Å²) in [5.41, 5.74) is -0.427. The van der Waals surface area contributed by atoms with E-state index in [-0.39, 0.29) is 12.1 Å². The smallest absolute Gasteiger partial charge is 0.302 e. The molecule has 0 aromatic heterocycles. The van der Waals surface area contributed by atoms with Crippen molar-refractivity contribution in [3.63, 3.8) is 0 Å². The van der Waals surface area contributed by atoms with Crippen LogP contribution in [0.4, 0.5) is 0 Å². The monoisotopic (exact) mass is 195 g/mol. The highest BCUT2D eigenvalue weighted by Crippen LogP contribution is 2.39. The van der Waals surface area contributed by atoms with Gasteiger partial charge in [-0.05, 0) is 19.8 Å². The van der Waals surface area contributed by atoms with E-state index >= 15 is 0 Å². The summed E-state index contributed by atoms with van der Waals surface area (Å²) in [6.07, 6.45) is 4.77. The molecule has 3 nitrogen and oxygen atoms in total. The highest BCUT2D eigenvalue weighted by Gasteiger charge is 2.39. The van der Waals surface area contributed by atoms with Gasteiger partial charge in [0.05, 0.1) is 11.5 Å². The normalized spacial score (nSPS) is 22.1. The summed E-state index contributed by atoms with van der Waals surface area (Å²) in [7, 11) is 0. The average molecular weight is 195 g/mol. The molecule has 1 unspecified atom stereocenters. The summed E-state index contributed by atoms with van der Waals surface area (Å²) in [5.74, 6) is -0.294. The maximum absolute atomic E-state index is 10.8. The Morgan fingerprint density at radius 2 is 2.00 bits per heavy atom. The molecule has 3 heteroatoms. The van der Waals surface area contributed by atoms with Crippen molar-refractivity contribution >= 4 is 5.97 Å². The molecule has 1 aliphatic rings. The van der Waals surface area contributed by atoms with Gasteiger partial charge in [0, 0.05) is 6.92 Å². The van der Waals surface area contributed by atoms with Gasteiger partial charge in [-0.2, -0.15) is 5.26 Å². The van der Waals surface area contributed by atoms with Gasteiger partial charge in [-0.15, -0.1) is 0 Å². The summed E-state index contributed by atoms with van der Waals surface area (Å²) in [5, 5.41) is 9.18. The van der Waals surface area contributed by atoms with Crippen LogP contribution in [-0.2, 0) is 9.53 Å². The Hall–Kier alpha value is -1.04. The lowest BCUT2D eigenvalue weighted by atomic mass is 9.72. The first kappa shape index (κ1) is 11.0. The summed E-state index contributed by atoms with van der Waals surface area (Å²) in [4.78, 5) is 10.8. The summed E-state index contributed by atoms with van der Waals surface area (Å²) >= 11 is 0. The number of esters is 1. The number of nitrogens with zero attached hydrogens (tertiary/aromatic N) is 1. The molecule has 1 fully saturated rings. The van der Waals surface area contributed by atoms with Crippen molar-refractivity contribution in [1.82, 2.24) is 0 Å². The van der Waals surface area contributed by atoms with Crippen LogP contribution in [0.5, 0.6) is 0 Å². The standard InChI is InChI=1S/C11H17NO2/c1-9(14-10(2)13)11(8-12)6-4-3-5-7-11/h9H,3-7H2,1-2H3. The van der Waals surface area contributed by atoms with Crippen molar-refractivity contribution in [3.05, 3.63) is 0 Å². The van der Waals surface area contributed by atoms with Crippen molar-refractivity contribution in [2.75, 3.05) is 0 Å². The van der Waals surface area contributed by atoms with Crippen LogP contribution in [0.15, 0.2) is 0 Å². The maximum atomic E-state index is 10.8. The molecule has 0 aromatic rings. The van der Waals surface area contributed by atoms with E-state index in [0.29, 0.717) is 0 Å². The van der Waals surface area contributed by atoms with E-state index in [1.807, 2.05) is 6.92 Å². The van der Waals surface area contributed by atoms with Gasteiger partial charge in [0.15, 0.2) is 0 Å². The Bertz CT molecular complexity index is 249. The molecule has 0 N–H and O–H groups in total. The summed E-state index contributed by atoms with van der Waals surface area (Å²) < 4.78 is 5.12. The van der Waals surface area contributed by atoms with E-state index in [2.05, 4.69) is 6.07 Å². The largest absolute Gasteiger partial charge is 0.461 e. The minimum absolute atomic E-state index is 0.273. The first-order valence-corrected chi connectivity index (χ1v) is 5.19. The predicted molar refractivity (Wildman–Crippen MR) is 52.4 cm³/mol. The Balaban J connectivity index is 2.68. The van der Waals surface area contributed by atoms with E-state index in [9.17, 15) is 10.1 Å². The molecule has 1 atom stereocenters.